The molecule has 2 aromatic rings. The Balaban J connectivity index is 2.08. The minimum atomic E-state index is 0.240. The van der Waals surface area contributed by atoms with Crippen LogP contribution in [0.4, 0.5) is 5.82 Å². The maximum atomic E-state index is 9.15. The first-order chi connectivity index (χ1) is 8.29. The van der Waals surface area contributed by atoms with Crippen LogP contribution in [-0.2, 0) is 6.54 Å². The van der Waals surface area contributed by atoms with Gasteiger partial charge in [-0.25, -0.2) is 4.98 Å². The van der Waals surface area contributed by atoms with Gasteiger partial charge in [0.2, 0.25) is 0 Å². The van der Waals surface area contributed by atoms with E-state index in [-0.39, 0.29) is 5.75 Å². The summed E-state index contributed by atoms with van der Waals surface area (Å²) in [4.78, 5) is 4.10. The molecule has 0 amide bonds. The molecule has 1 aromatic heterocycles. The van der Waals surface area contributed by atoms with Crippen molar-refractivity contribution < 1.29 is 5.11 Å². The molecule has 0 aliphatic heterocycles. The molecule has 1 heterocycles. The molecular weight excluding hydrogens is 214 g/mol. The Labute approximate surface area is 99.2 Å². The second kappa shape index (κ2) is 4.99. The molecule has 0 aliphatic rings. The quantitative estimate of drug-likeness (QED) is 0.840. The number of hydrogen-bond acceptors (Lipinski definition) is 4. The standard InChI is InChI=1S/C13H11N3O/c14-8-11-2-1-7-15-13(11)16-9-10-3-5-12(17)6-4-10/h1-7,17H,9H2,(H,15,16). The van der Waals surface area contributed by atoms with Crippen molar-refractivity contribution >= 4 is 5.82 Å². The van der Waals surface area contributed by atoms with Gasteiger partial charge in [0.15, 0.2) is 0 Å². The predicted molar refractivity (Wildman–Crippen MR) is 64.4 cm³/mol. The molecule has 17 heavy (non-hydrogen) atoms. The number of nitriles is 1. The molecule has 84 valence electrons. The Bertz CT molecular complexity index is 543. The zero-order valence-corrected chi connectivity index (χ0v) is 9.09. The van der Waals surface area contributed by atoms with E-state index in [1.54, 1.807) is 30.5 Å². The number of phenolic OH excluding ortho intramolecular Hbond substituents is 1. The van der Waals surface area contributed by atoms with E-state index in [0.29, 0.717) is 17.9 Å². The molecule has 0 bridgehead atoms. The van der Waals surface area contributed by atoms with Gasteiger partial charge in [0.1, 0.15) is 17.6 Å². The first-order valence-corrected chi connectivity index (χ1v) is 5.16. The molecule has 0 radical (unpaired) electrons. The van der Waals surface area contributed by atoms with Gasteiger partial charge in [0, 0.05) is 12.7 Å². The van der Waals surface area contributed by atoms with Crippen molar-refractivity contribution in [2.75, 3.05) is 5.32 Å². The highest BCUT2D eigenvalue weighted by Gasteiger charge is 2.01. The second-order valence-corrected chi connectivity index (χ2v) is 3.53. The zero-order chi connectivity index (χ0) is 12.1. The summed E-state index contributed by atoms with van der Waals surface area (Å²) < 4.78 is 0. The topological polar surface area (TPSA) is 68.9 Å². The number of pyridine rings is 1. The average Bonchev–Trinajstić information content (AvgIpc) is 2.38. The smallest absolute Gasteiger partial charge is 0.144 e. The summed E-state index contributed by atoms with van der Waals surface area (Å²) in [7, 11) is 0. The van der Waals surface area contributed by atoms with E-state index in [9.17, 15) is 0 Å². The van der Waals surface area contributed by atoms with E-state index in [4.69, 9.17) is 10.4 Å². The number of nitrogens with zero attached hydrogens (tertiary/aromatic N) is 2. The molecule has 0 saturated carbocycles. The number of hydrogen-bond donors (Lipinski definition) is 2. The van der Waals surface area contributed by atoms with Crippen LogP contribution in [0, 0.1) is 11.3 Å². The fraction of sp³-hybridized carbons (Fsp3) is 0.0769. The van der Waals surface area contributed by atoms with Crippen molar-refractivity contribution in [3.05, 3.63) is 53.7 Å². The van der Waals surface area contributed by atoms with Crippen molar-refractivity contribution in [2.24, 2.45) is 0 Å². The van der Waals surface area contributed by atoms with E-state index < -0.39 is 0 Å². The summed E-state index contributed by atoms with van der Waals surface area (Å²) in [6.07, 6.45) is 1.64. The molecule has 0 unspecified atom stereocenters. The SMILES string of the molecule is N#Cc1cccnc1NCc1ccc(O)cc1. The summed E-state index contributed by atoms with van der Waals surface area (Å²) in [5.41, 5.74) is 1.53. The zero-order valence-electron chi connectivity index (χ0n) is 9.09. The van der Waals surface area contributed by atoms with Gasteiger partial charge in [0.05, 0.1) is 5.56 Å². The number of anilines is 1. The second-order valence-electron chi connectivity index (χ2n) is 3.53. The maximum Gasteiger partial charge on any atom is 0.144 e. The molecule has 0 atom stereocenters. The highest BCUT2D eigenvalue weighted by atomic mass is 16.3. The number of phenols is 1. The van der Waals surface area contributed by atoms with Crippen LogP contribution in [0.1, 0.15) is 11.1 Å². The van der Waals surface area contributed by atoms with Crippen molar-refractivity contribution in [1.29, 1.82) is 5.26 Å². The fourth-order valence-corrected chi connectivity index (χ4v) is 1.44. The molecule has 0 saturated heterocycles. The Morgan fingerprint density at radius 3 is 2.71 bits per heavy atom. The lowest BCUT2D eigenvalue weighted by atomic mass is 10.2. The van der Waals surface area contributed by atoms with Crippen LogP contribution >= 0.6 is 0 Å². The Hall–Kier alpha value is -2.54. The van der Waals surface area contributed by atoms with Crippen molar-refractivity contribution in [3.63, 3.8) is 0 Å². The van der Waals surface area contributed by atoms with Crippen LogP contribution in [0.25, 0.3) is 0 Å². The van der Waals surface area contributed by atoms with Crippen LogP contribution in [0.3, 0.4) is 0 Å². The lowest BCUT2D eigenvalue weighted by Gasteiger charge is -2.06. The van der Waals surface area contributed by atoms with Gasteiger partial charge in [0.25, 0.3) is 0 Å². The van der Waals surface area contributed by atoms with Crippen molar-refractivity contribution in [3.8, 4) is 11.8 Å². The van der Waals surface area contributed by atoms with Crippen LogP contribution in [0.5, 0.6) is 5.75 Å². The minimum absolute atomic E-state index is 0.240. The number of benzene rings is 1. The predicted octanol–water partition coefficient (Wildman–Crippen LogP) is 2.27. The van der Waals surface area contributed by atoms with Crippen molar-refractivity contribution in [1.82, 2.24) is 4.98 Å². The number of nitrogens with one attached hydrogen (secondary N) is 1. The van der Waals surface area contributed by atoms with Crippen LogP contribution in [0.15, 0.2) is 42.6 Å². The third-order valence-corrected chi connectivity index (χ3v) is 2.32. The van der Waals surface area contributed by atoms with Crippen LogP contribution in [0.2, 0.25) is 0 Å². The lowest BCUT2D eigenvalue weighted by Crippen LogP contribution is -2.02. The third kappa shape index (κ3) is 2.73. The number of rotatable bonds is 3. The van der Waals surface area contributed by atoms with Gasteiger partial charge >= 0.3 is 0 Å². The van der Waals surface area contributed by atoms with Gasteiger partial charge in [-0.05, 0) is 29.8 Å². The lowest BCUT2D eigenvalue weighted by molar-refractivity contribution is 0.475. The molecule has 2 rings (SSSR count). The monoisotopic (exact) mass is 225 g/mol. The van der Waals surface area contributed by atoms with E-state index in [1.807, 2.05) is 12.1 Å². The van der Waals surface area contributed by atoms with E-state index in [2.05, 4.69) is 16.4 Å². The molecule has 0 fully saturated rings. The molecular formula is C13H11N3O. The van der Waals surface area contributed by atoms with Gasteiger partial charge < -0.3 is 10.4 Å². The van der Waals surface area contributed by atoms with Gasteiger partial charge in [-0.15, -0.1) is 0 Å². The normalized spacial score (nSPS) is 9.59. The van der Waals surface area contributed by atoms with Gasteiger partial charge in [-0.3, -0.25) is 0 Å². The summed E-state index contributed by atoms with van der Waals surface area (Å²) in [5.74, 6) is 0.812. The summed E-state index contributed by atoms with van der Waals surface area (Å²) in [5, 5.41) is 21.1. The highest BCUT2D eigenvalue weighted by molar-refractivity contribution is 5.51. The van der Waals surface area contributed by atoms with Crippen molar-refractivity contribution in [2.45, 2.75) is 6.54 Å². The maximum absolute atomic E-state index is 9.15. The van der Waals surface area contributed by atoms with Crippen LogP contribution in [-0.4, -0.2) is 10.1 Å². The highest BCUT2D eigenvalue weighted by Crippen LogP contribution is 2.13. The Kier molecular flexibility index (Phi) is 3.22. The minimum Gasteiger partial charge on any atom is -0.508 e. The van der Waals surface area contributed by atoms with Gasteiger partial charge in [-0.1, -0.05) is 12.1 Å². The summed E-state index contributed by atoms with van der Waals surface area (Å²) >= 11 is 0. The van der Waals surface area contributed by atoms with Gasteiger partial charge in [-0.2, -0.15) is 5.26 Å². The van der Waals surface area contributed by atoms with E-state index in [0.717, 1.165) is 5.56 Å². The van der Waals surface area contributed by atoms with E-state index >= 15 is 0 Å². The number of aromatic hydroxyl groups is 1. The number of aromatic nitrogens is 1. The Morgan fingerprint density at radius 1 is 1.24 bits per heavy atom. The largest absolute Gasteiger partial charge is 0.508 e. The Morgan fingerprint density at radius 2 is 2.00 bits per heavy atom. The summed E-state index contributed by atoms with van der Waals surface area (Å²) in [6, 6.07) is 12.4. The molecule has 0 aliphatic carbocycles. The first kappa shape index (κ1) is 11.0. The average molecular weight is 225 g/mol. The molecule has 2 N–H and O–H groups in total. The van der Waals surface area contributed by atoms with E-state index in [1.165, 1.54) is 0 Å². The third-order valence-electron chi connectivity index (χ3n) is 2.32. The molecule has 0 spiro atoms. The van der Waals surface area contributed by atoms with Crippen LogP contribution < -0.4 is 5.32 Å². The summed E-state index contributed by atoms with van der Waals surface area (Å²) in [6.45, 7) is 0.561. The molecule has 1 aromatic carbocycles. The molecule has 4 nitrogen and oxygen atoms in total. The fourth-order valence-electron chi connectivity index (χ4n) is 1.44. The molecule has 4 heteroatoms. The first-order valence-electron chi connectivity index (χ1n) is 5.16.